The largest absolute Gasteiger partial charge is 0.394 e. The van der Waals surface area contributed by atoms with Crippen LogP contribution in [0.1, 0.15) is 19.5 Å². The second-order valence-corrected chi connectivity index (χ2v) is 3.45. The number of nitrogens with one attached hydrogen (secondary N) is 1. The second kappa shape index (κ2) is 4.20. The van der Waals surface area contributed by atoms with E-state index < -0.39 is 11.9 Å². The molecule has 0 saturated heterocycles. The first-order valence-electron chi connectivity index (χ1n) is 4.84. The number of aromatic nitrogens is 2. The van der Waals surface area contributed by atoms with Crippen molar-refractivity contribution in [2.75, 3.05) is 11.1 Å². The Morgan fingerprint density at radius 1 is 1.67 bits per heavy atom. The number of hydrogen-bond donors (Lipinski definition) is 3. The van der Waals surface area contributed by atoms with Crippen LogP contribution >= 0.6 is 0 Å². The predicted octanol–water partition coefficient (Wildman–Crippen LogP) is -0.150. The molecule has 0 spiro atoms. The molecule has 0 aliphatic heterocycles. The zero-order valence-corrected chi connectivity index (χ0v) is 9.24. The topological polar surface area (TPSA) is 99.0 Å². The third-order valence-electron chi connectivity index (χ3n) is 2.28. The average Bonchev–Trinajstić information content (AvgIpc) is 2.44. The summed E-state index contributed by atoms with van der Waals surface area (Å²) in [5.74, 6) is 0.215. The molecule has 0 radical (unpaired) electrons. The minimum Gasteiger partial charge on any atom is -0.394 e. The molecule has 6 heteroatoms. The summed E-state index contributed by atoms with van der Waals surface area (Å²) in [7, 11) is 1.77. The molecule has 0 fully saturated rings. The molecule has 0 aliphatic carbocycles. The fourth-order valence-electron chi connectivity index (χ4n) is 1.30. The van der Waals surface area contributed by atoms with E-state index in [1.165, 1.54) is 0 Å². The van der Waals surface area contributed by atoms with E-state index in [0.717, 1.165) is 12.1 Å². The normalized spacial score (nSPS) is 12.5. The van der Waals surface area contributed by atoms with Crippen LogP contribution in [0.25, 0.3) is 0 Å². The van der Waals surface area contributed by atoms with E-state index in [0.29, 0.717) is 11.5 Å². The van der Waals surface area contributed by atoms with Crippen LogP contribution in [-0.4, -0.2) is 21.7 Å². The first kappa shape index (κ1) is 11.4. The zero-order chi connectivity index (χ0) is 11.6. The van der Waals surface area contributed by atoms with Crippen molar-refractivity contribution in [2.24, 2.45) is 12.8 Å². The number of primary amides is 1. The number of amides is 1. The summed E-state index contributed by atoms with van der Waals surface area (Å²) in [4.78, 5) is 10.9. The Labute approximate surface area is 88.6 Å². The summed E-state index contributed by atoms with van der Waals surface area (Å²) < 4.78 is 1.62. The lowest BCUT2D eigenvalue weighted by Crippen LogP contribution is -2.33. The molecule has 1 rings (SSSR count). The third-order valence-corrected chi connectivity index (χ3v) is 2.28. The number of aryl methyl sites for hydroxylation is 2. The summed E-state index contributed by atoms with van der Waals surface area (Å²) in [6, 6.07) is -0.465. The maximum absolute atomic E-state index is 10.9. The van der Waals surface area contributed by atoms with E-state index in [2.05, 4.69) is 10.4 Å². The van der Waals surface area contributed by atoms with Crippen LogP contribution < -0.4 is 16.8 Å². The van der Waals surface area contributed by atoms with Gasteiger partial charge in [0.05, 0.1) is 11.4 Å². The predicted molar refractivity (Wildman–Crippen MR) is 59.3 cm³/mol. The van der Waals surface area contributed by atoms with Crippen LogP contribution in [0.15, 0.2) is 0 Å². The van der Waals surface area contributed by atoms with Gasteiger partial charge in [0.2, 0.25) is 5.91 Å². The monoisotopic (exact) mass is 211 g/mol. The van der Waals surface area contributed by atoms with Crippen LogP contribution in [0.2, 0.25) is 0 Å². The lowest BCUT2D eigenvalue weighted by molar-refractivity contribution is -0.118. The van der Waals surface area contributed by atoms with E-state index in [1.807, 2.05) is 6.92 Å². The van der Waals surface area contributed by atoms with Crippen molar-refractivity contribution in [3.63, 3.8) is 0 Å². The Hall–Kier alpha value is -1.72. The van der Waals surface area contributed by atoms with Crippen molar-refractivity contribution in [1.29, 1.82) is 0 Å². The number of nitrogens with zero attached hydrogens (tertiary/aromatic N) is 2. The highest BCUT2D eigenvalue weighted by atomic mass is 16.1. The molecule has 1 aromatic rings. The fraction of sp³-hybridized carbons (Fsp3) is 0.556. The van der Waals surface area contributed by atoms with Gasteiger partial charge in [0, 0.05) is 7.05 Å². The molecular weight excluding hydrogens is 194 g/mol. The van der Waals surface area contributed by atoms with Gasteiger partial charge in [0.25, 0.3) is 0 Å². The number of carbonyl (C=O) groups is 1. The van der Waals surface area contributed by atoms with Crippen LogP contribution in [0.4, 0.5) is 11.5 Å². The van der Waals surface area contributed by atoms with Gasteiger partial charge in [-0.3, -0.25) is 9.48 Å². The van der Waals surface area contributed by atoms with Gasteiger partial charge >= 0.3 is 0 Å². The standard InChI is InChI=1S/C9H17N5O/c1-4-6-7(10)9(14(3)13-6)12-5(2)8(11)15/h5,12H,4,10H2,1-3H3,(H2,11,15). The Morgan fingerprint density at radius 2 is 2.27 bits per heavy atom. The van der Waals surface area contributed by atoms with Gasteiger partial charge in [-0.05, 0) is 13.3 Å². The molecule has 1 amide bonds. The van der Waals surface area contributed by atoms with Crippen molar-refractivity contribution in [3.8, 4) is 0 Å². The van der Waals surface area contributed by atoms with E-state index in [1.54, 1.807) is 18.7 Å². The number of anilines is 2. The smallest absolute Gasteiger partial charge is 0.239 e. The fourth-order valence-corrected chi connectivity index (χ4v) is 1.30. The van der Waals surface area contributed by atoms with Crippen molar-refractivity contribution < 1.29 is 4.79 Å². The number of nitrogen functional groups attached to an aromatic ring is 1. The van der Waals surface area contributed by atoms with Gasteiger partial charge in [0.1, 0.15) is 11.9 Å². The van der Waals surface area contributed by atoms with Gasteiger partial charge < -0.3 is 16.8 Å². The van der Waals surface area contributed by atoms with Crippen molar-refractivity contribution in [3.05, 3.63) is 5.69 Å². The molecule has 6 nitrogen and oxygen atoms in total. The molecular formula is C9H17N5O. The van der Waals surface area contributed by atoms with Gasteiger partial charge in [0.15, 0.2) is 0 Å². The molecule has 84 valence electrons. The molecule has 1 unspecified atom stereocenters. The van der Waals surface area contributed by atoms with E-state index in [9.17, 15) is 4.79 Å². The summed E-state index contributed by atoms with van der Waals surface area (Å²) in [6.45, 7) is 3.65. The SMILES string of the molecule is CCc1nn(C)c(NC(C)C(N)=O)c1N. The lowest BCUT2D eigenvalue weighted by Gasteiger charge is -2.12. The summed E-state index contributed by atoms with van der Waals surface area (Å²) in [5, 5.41) is 7.15. The summed E-state index contributed by atoms with van der Waals surface area (Å²) in [6.07, 6.45) is 0.756. The summed E-state index contributed by atoms with van der Waals surface area (Å²) >= 11 is 0. The highest BCUT2D eigenvalue weighted by molar-refractivity contribution is 5.83. The molecule has 0 aliphatic rings. The number of rotatable bonds is 4. The van der Waals surface area contributed by atoms with Crippen molar-refractivity contribution in [2.45, 2.75) is 26.3 Å². The Kier molecular flexibility index (Phi) is 3.18. The lowest BCUT2D eigenvalue weighted by atomic mass is 10.2. The first-order chi connectivity index (χ1) is 6.97. The van der Waals surface area contributed by atoms with Gasteiger partial charge in [-0.25, -0.2) is 0 Å². The van der Waals surface area contributed by atoms with Crippen LogP contribution in [0.5, 0.6) is 0 Å². The molecule has 0 aromatic carbocycles. The van der Waals surface area contributed by atoms with E-state index in [-0.39, 0.29) is 0 Å². The maximum atomic E-state index is 10.9. The average molecular weight is 211 g/mol. The minimum atomic E-state index is -0.465. The first-order valence-corrected chi connectivity index (χ1v) is 4.84. The van der Waals surface area contributed by atoms with Crippen molar-refractivity contribution >= 4 is 17.4 Å². The number of hydrogen-bond acceptors (Lipinski definition) is 4. The van der Waals surface area contributed by atoms with Crippen LogP contribution in [-0.2, 0) is 18.3 Å². The quantitative estimate of drug-likeness (QED) is 0.645. The highest BCUT2D eigenvalue weighted by Crippen LogP contribution is 2.22. The second-order valence-electron chi connectivity index (χ2n) is 3.45. The van der Waals surface area contributed by atoms with Gasteiger partial charge in [-0.15, -0.1) is 0 Å². The van der Waals surface area contributed by atoms with E-state index >= 15 is 0 Å². The maximum Gasteiger partial charge on any atom is 0.239 e. The molecule has 5 N–H and O–H groups in total. The molecule has 1 atom stereocenters. The van der Waals surface area contributed by atoms with Gasteiger partial charge in [-0.2, -0.15) is 5.10 Å². The van der Waals surface area contributed by atoms with Crippen LogP contribution in [0, 0.1) is 0 Å². The Bertz CT molecular complexity index is 371. The summed E-state index contributed by atoms with van der Waals surface area (Å²) in [5.41, 5.74) is 12.4. The third kappa shape index (κ3) is 2.20. The van der Waals surface area contributed by atoms with E-state index in [4.69, 9.17) is 11.5 Å². The molecule has 0 saturated carbocycles. The number of nitrogens with two attached hydrogens (primary N) is 2. The Balaban J connectivity index is 2.94. The van der Waals surface area contributed by atoms with Gasteiger partial charge in [-0.1, -0.05) is 6.92 Å². The highest BCUT2D eigenvalue weighted by Gasteiger charge is 2.16. The van der Waals surface area contributed by atoms with Crippen LogP contribution in [0.3, 0.4) is 0 Å². The zero-order valence-electron chi connectivity index (χ0n) is 9.24. The van der Waals surface area contributed by atoms with Crippen molar-refractivity contribution in [1.82, 2.24) is 9.78 Å². The molecule has 1 heterocycles. The Morgan fingerprint density at radius 3 is 2.67 bits per heavy atom. The number of carbonyl (C=O) groups excluding carboxylic acids is 1. The minimum absolute atomic E-state index is 0.423. The molecule has 15 heavy (non-hydrogen) atoms. The molecule has 0 bridgehead atoms. The molecule has 1 aromatic heterocycles.